The van der Waals surface area contributed by atoms with Crippen molar-refractivity contribution in [3.8, 4) is 5.75 Å². The summed E-state index contributed by atoms with van der Waals surface area (Å²) in [5.74, 6) is -0.157. The van der Waals surface area contributed by atoms with Crippen LogP contribution < -0.4 is 4.74 Å². The summed E-state index contributed by atoms with van der Waals surface area (Å²) in [5, 5.41) is 10.6. The Bertz CT molecular complexity index is 492. The normalized spacial score (nSPS) is 11.8. The standard InChI is InChI=1S/C13H16ClNO5/c1-3-5-12(13(16)19-4-2)20-9-6-7-11(15(17)18)10(14)8-9/h6-8,12H,3-5H2,1-2H3. The quantitative estimate of drug-likeness (QED) is 0.438. The van der Waals surface area contributed by atoms with E-state index >= 15 is 0 Å². The van der Waals surface area contributed by atoms with Crippen LogP contribution in [0.15, 0.2) is 18.2 Å². The molecule has 0 aliphatic carbocycles. The number of halogens is 1. The Morgan fingerprint density at radius 2 is 2.15 bits per heavy atom. The molecule has 1 rings (SSSR count). The number of hydrogen-bond acceptors (Lipinski definition) is 5. The van der Waals surface area contributed by atoms with E-state index in [0.717, 1.165) is 6.42 Å². The second kappa shape index (κ2) is 7.69. The zero-order valence-electron chi connectivity index (χ0n) is 11.3. The number of nitro benzene ring substituents is 1. The van der Waals surface area contributed by atoms with Crippen molar-refractivity contribution in [2.75, 3.05) is 6.61 Å². The SMILES string of the molecule is CCCC(Oc1ccc([N+](=O)[O-])c(Cl)c1)C(=O)OCC. The van der Waals surface area contributed by atoms with Gasteiger partial charge in [0.1, 0.15) is 10.8 Å². The van der Waals surface area contributed by atoms with Gasteiger partial charge in [0.15, 0.2) is 6.10 Å². The first-order valence-corrected chi connectivity index (χ1v) is 6.64. The third-order valence-corrected chi connectivity index (χ3v) is 2.80. The number of nitrogens with zero attached hydrogens (tertiary/aromatic N) is 1. The molecule has 0 fully saturated rings. The van der Waals surface area contributed by atoms with Crippen LogP contribution in [-0.4, -0.2) is 23.6 Å². The molecule has 110 valence electrons. The molecule has 1 aromatic rings. The van der Waals surface area contributed by atoms with E-state index in [1.807, 2.05) is 6.92 Å². The van der Waals surface area contributed by atoms with E-state index in [9.17, 15) is 14.9 Å². The zero-order chi connectivity index (χ0) is 15.1. The van der Waals surface area contributed by atoms with Gasteiger partial charge in [-0.1, -0.05) is 24.9 Å². The average Bonchev–Trinajstić information content (AvgIpc) is 2.38. The number of esters is 1. The van der Waals surface area contributed by atoms with Gasteiger partial charge < -0.3 is 9.47 Å². The van der Waals surface area contributed by atoms with E-state index in [2.05, 4.69) is 0 Å². The van der Waals surface area contributed by atoms with Crippen LogP contribution in [0, 0.1) is 10.1 Å². The molecule has 0 aliphatic rings. The second-order valence-electron chi connectivity index (χ2n) is 4.02. The number of benzene rings is 1. The topological polar surface area (TPSA) is 78.7 Å². The monoisotopic (exact) mass is 301 g/mol. The van der Waals surface area contributed by atoms with Gasteiger partial charge in [-0.25, -0.2) is 4.79 Å². The van der Waals surface area contributed by atoms with Crippen molar-refractivity contribution in [3.63, 3.8) is 0 Å². The molecule has 0 N–H and O–H groups in total. The molecular formula is C13H16ClNO5. The molecule has 6 nitrogen and oxygen atoms in total. The molecule has 0 aromatic heterocycles. The molecular weight excluding hydrogens is 286 g/mol. The van der Waals surface area contributed by atoms with E-state index < -0.39 is 17.0 Å². The highest BCUT2D eigenvalue weighted by molar-refractivity contribution is 6.32. The van der Waals surface area contributed by atoms with Gasteiger partial charge in [0.25, 0.3) is 5.69 Å². The van der Waals surface area contributed by atoms with Crippen molar-refractivity contribution in [2.45, 2.75) is 32.8 Å². The lowest BCUT2D eigenvalue weighted by Crippen LogP contribution is -2.29. The smallest absolute Gasteiger partial charge is 0.347 e. The van der Waals surface area contributed by atoms with E-state index in [4.69, 9.17) is 21.1 Å². The average molecular weight is 302 g/mol. The fourth-order valence-corrected chi connectivity index (χ4v) is 1.84. The fraction of sp³-hybridized carbons (Fsp3) is 0.462. The van der Waals surface area contributed by atoms with Crippen molar-refractivity contribution >= 4 is 23.3 Å². The summed E-state index contributed by atoms with van der Waals surface area (Å²) in [5.41, 5.74) is -0.206. The lowest BCUT2D eigenvalue weighted by molar-refractivity contribution is -0.384. The maximum Gasteiger partial charge on any atom is 0.347 e. The minimum atomic E-state index is -0.738. The van der Waals surface area contributed by atoms with Crippen molar-refractivity contribution in [1.29, 1.82) is 0 Å². The van der Waals surface area contributed by atoms with Crippen LogP contribution in [0.3, 0.4) is 0 Å². The van der Waals surface area contributed by atoms with Gasteiger partial charge in [-0.15, -0.1) is 0 Å². The number of rotatable bonds is 7. The Labute approximate surface area is 121 Å². The summed E-state index contributed by atoms with van der Waals surface area (Å²) in [7, 11) is 0. The van der Waals surface area contributed by atoms with Crippen LogP contribution in [0.1, 0.15) is 26.7 Å². The summed E-state index contributed by atoms with van der Waals surface area (Å²) in [6.07, 6.45) is 0.495. The molecule has 20 heavy (non-hydrogen) atoms. The number of carbonyl (C=O) groups is 1. The Hall–Kier alpha value is -1.82. The highest BCUT2D eigenvalue weighted by Gasteiger charge is 2.22. The summed E-state index contributed by atoms with van der Waals surface area (Å²) in [6, 6.07) is 3.97. The number of carbonyl (C=O) groups excluding carboxylic acids is 1. The van der Waals surface area contributed by atoms with Crippen LogP contribution in [0.4, 0.5) is 5.69 Å². The Kier molecular flexibility index (Phi) is 6.24. The molecule has 1 aromatic carbocycles. The minimum absolute atomic E-state index is 0.0355. The highest BCUT2D eigenvalue weighted by Crippen LogP contribution is 2.29. The first kappa shape index (κ1) is 16.2. The molecule has 0 radical (unpaired) electrons. The third-order valence-electron chi connectivity index (χ3n) is 2.49. The van der Waals surface area contributed by atoms with Crippen molar-refractivity contribution in [1.82, 2.24) is 0 Å². The van der Waals surface area contributed by atoms with E-state index in [1.165, 1.54) is 18.2 Å². The maximum absolute atomic E-state index is 11.7. The Morgan fingerprint density at radius 1 is 1.45 bits per heavy atom. The lowest BCUT2D eigenvalue weighted by atomic mass is 10.2. The first-order chi connectivity index (χ1) is 9.49. The Balaban J connectivity index is 2.86. The van der Waals surface area contributed by atoms with Gasteiger partial charge >= 0.3 is 5.97 Å². The number of ether oxygens (including phenoxy) is 2. The summed E-state index contributed by atoms with van der Waals surface area (Å²) in [6.45, 7) is 3.89. The van der Waals surface area contributed by atoms with Gasteiger partial charge in [0, 0.05) is 12.1 Å². The van der Waals surface area contributed by atoms with Crippen LogP contribution in [0.5, 0.6) is 5.75 Å². The van der Waals surface area contributed by atoms with Crippen LogP contribution >= 0.6 is 11.6 Å². The summed E-state index contributed by atoms with van der Waals surface area (Å²) < 4.78 is 10.4. The third kappa shape index (κ3) is 4.38. The summed E-state index contributed by atoms with van der Waals surface area (Å²) in [4.78, 5) is 21.8. The molecule has 0 bridgehead atoms. The van der Waals surface area contributed by atoms with E-state index in [1.54, 1.807) is 6.92 Å². The van der Waals surface area contributed by atoms with Crippen molar-refractivity contribution in [2.24, 2.45) is 0 Å². The minimum Gasteiger partial charge on any atom is -0.479 e. The predicted molar refractivity (Wildman–Crippen MR) is 74.1 cm³/mol. The van der Waals surface area contributed by atoms with E-state index in [0.29, 0.717) is 12.2 Å². The molecule has 0 heterocycles. The van der Waals surface area contributed by atoms with Crippen LogP contribution in [-0.2, 0) is 9.53 Å². The fourth-order valence-electron chi connectivity index (χ4n) is 1.60. The van der Waals surface area contributed by atoms with Gasteiger partial charge in [-0.05, 0) is 19.4 Å². The molecule has 0 amide bonds. The van der Waals surface area contributed by atoms with Crippen molar-refractivity contribution < 1.29 is 19.2 Å². The highest BCUT2D eigenvalue weighted by atomic mass is 35.5. The second-order valence-corrected chi connectivity index (χ2v) is 4.42. The van der Waals surface area contributed by atoms with Crippen LogP contribution in [0.2, 0.25) is 5.02 Å². The molecule has 7 heteroatoms. The van der Waals surface area contributed by atoms with E-state index in [-0.39, 0.29) is 17.3 Å². The largest absolute Gasteiger partial charge is 0.479 e. The molecule has 1 atom stereocenters. The maximum atomic E-state index is 11.7. The number of nitro groups is 1. The van der Waals surface area contributed by atoms with Crippen LogP contribution in [0.25, 0.3) is 0 Å². The molecule has 0 spiro atoms. The molecule has 1 unspecified atom stereocenters. The number of hydrogen-bond donors (Lipinski definition) is 0. The first-order valence-electron chi connectivity index (χ1n) is 6.26. The van der Waals surface area contributed by atoms with Gasteiger partial charge in [0.05, 0.1) is 11.5 Å². The van der Waals surface area contributed by atoms with Crippen molar-refractivity contribution in [3.05, 3.63) is 33.3 Å². The summed E-state index contributed by atoms with van der Waals surface area (Å²) >= 11 is 5.79. The molecule has 0 aliphatic heterocycles. The molecule has 0 saturated heterocycles. The zero-order valence-corrected chi connectivity index (χ0v) is 12.1. The Morgan fingerprint density at radius 3 is 2.65 bits per heavy atom. The van der Waals surface area contributed by atoms with Gasteiger partial charge in [-0.2, -0.15) is 0 Å². The van der Waals surface area contributed by atoms with Gasteiger partial charge in [0.2, 0.25) is 0 Å². The molecule has 0 saturated carbocycles. The van der Waals surface area contributed by atoms with Gasteiger partial charge in [-0.3, -0.25) is 10.1 Å². The lowest BCUT2D eigenvalue weighted by Gasteiger charge is -2.17. The predicted octanol–water partition coefficient (Wildman–Crippen LogP) is 3.36.